The van der Waals surface area contributed by atoms with Crippen LogP contribution in [0.1, 0.15) is 12.8 Å². The van der Waals surface area contributed by atoms with Crippen LogP contribution in [-0.2, 0) is 14.8 Å². The minimum absolute atomic E-state index is 0.131. The van der Waals surface area contributed by atoms with Crippen molar-refractivity contribution in [1.82, 2.24) is 4.31 Å². The summed E-state index contributed by atoms with van der Waals surface area (Å²) in [7, 11) is -3.54. The van der Waals surface area contributed by atoms with Gasteiger partial charge in [-0.1, -0.05) is 18.2 Å². The van der Waals surface area contributed by atoms with Crippen molar-refractivity contribution in [2.45, 2.75) is 17.1 Å². The molecule has 8 heteroatoms. The topological polar surface area (TPSA) is 66.5 Å². The number of amides is 1. The summed E-state index contributed by atoms with van der Waals surface area (Å²) in [5, 5.41) is 2.86. The van der Waals surface area contributed by atoms with Gasteiger partial charge in [0.15, 0.2) is 0 Å². The number of nitrogens with zero attached hydrogens (tertiary/aromatic N) is 1. The highest BCUT2D eigenvalue weighted by atomic mass is 79.9. The molecule has 1 atom stereocenters. The Morgan fingerprint density at radius 3 is 2.62 bits per heavy atom. The Morgan fingerprint density at radius 2 is 1.96 bits per heavy atom. The van der Waals surface area contributed by atoms with Crippen molar-refractivity contribution in [3.8, 4) is 0 Å². The number of halogens is 1. The van der Waals surface area contributed by atoms with Crippen LogP contribution in [-0.4, -0.2) is 31.7 Å². The Kier molecular flexibility index (Phi) is 5.39. The molecule has 0 bridgehead atoms. The van der Waals surface area contributed by atoms with Crippen molar-refractivity contribution in [3.05, 3.63) is 46.3 Å². The summed E-state index contributed by atoms with van der Waals surface area (Å²) < 4.78 is 27.9. The lowest BCUT2D eigenvalue weighted by Crippen LogP contribution is -2.43. The van der Waals surface area contributed by atoms with Crippen LogP contribution in [0.2, 0.25) is 0 Å². The van der Waals surface area contributed by atoms with Gasteiger partial charge in [0.05, 0.1) is 9.70 Å². The Hall–Kier alpha value is -1.22. The fraction of sp³-hybridized carbons (Fsp3) is 0.312. The van der Waals surface area contributed by atoms with E-state index in [4.69, 9.17) is 0 Å². The number of hydrogen-bond acceptors (Lipinski definition) is 4. The van der Waals surface area contributed by atoms with Gasteiger partial charge in [-0.25, -0.2) is 8.42 Å². The van der Waals surface area contributed by atoms with E-state index in [9.17, 15) is 13.2 Å². The van der Waals surface area contributed by atoms with Crippen molar-refractivity contribution < 1.29 is 13.2 Å². The monoisotopic (exact) mass is 428 g/mol. The fourth-order valence-electron chi connectivity index (χ4n) is 2.70. The van der Waals surface area contributed by atoms with Gasteiger partial charge in [-0.3, -0.25) is 4.79 Å². The number of benzene rings is 1. The Morgan fingerprint density at radius 1 is 1.21 bits per heavy atom. The standard InChI is InChI=1S/C16H17BrN2O3S2/c17-14-8-9-15(23-14)24(21,22)19-10-4-5-12(11-19)16(20)18-13-6-2-1-3-7-13/h1-3,6-9,12H,4-5,10-11H2,(H,18,20). The van der Waals surface area contributed by atoms with Gasteiger partial charge < -0.3 is 5.32 Å². The van der Waals surface area contributed by atoms with Crippen LogP contribution >= 0.6 is 27.3 Å². The molecule has 2 heterocycles. The van der Waals surface area contributed by atoms with E-state index < -0.39 is 10.0 Å². The van der Waals surface area contributed by atoms with Crippen LogP contribution in [0.15, 0.2) is 50.5 Å². The normalized spacial score (nSPS) is 19.1. The Bertz CT molecular complexity index is 821. The second-order valence-corrected chi connectivity index (χ2v) is 10.2. The van der Waals surface area contributed by atoms with Crippen LogP contribution in [0.5, 0.6) is 0 Å². The lowest BCUT2D eigenvalue weighted by atomic mass is 9.99. The lowest BCUT2D eigenvalue weighted by Gasteiger charge is -2.30. The molecule has 3 rings (SSSR count). The summed E-state index contributed by atoms with van der Waals surface area (Å²) in [4.78, 5) is 12.4. The molecule has 1 aromatic carbocycles. The maximum Gasteiger partial charge on any atom is 0.252 e. The van der Waals surface area contributed by atoms with Crippen LogP contribution < -0.4 is 5.32 Å². The number of thiophene rings is 1. The molecule has 0 aliphatic carbocycles. The Labute approximate surface area is 153 Å². The van der Waals surface area contributed by atoms with E-state index in [2.05, 4.69) is 21.2 Å². The number of anilines is 1. The van der Waals surface area contributed by atoms with Gasteiger partial charge in [-0.05, 0) is 53.0 Å². The molecule has 0 spiro atoms. The van der Waals surface area contributed by atoms with Crippen molar-refractivity contribution in [2.75, 3.05) is 18.4 Å². The van der Waals surface area contributed by atoms with Gasteiger partial charge in [0, 0.05) is 18.8 Å². The SMILES string of the molecule is O=C(Nc1ccccc1)C1CCCN(S(=O)(=O)c2ccc(Br)s2)C1. The van der Waals surface area contributed by atoms with E-state index in [1.165, 1.54) is 15.6 Å². The molecule has 24 heavy (non-hydrogen) atoms. The molecule has 1 aliphatic rings. The molecule has 5 nitrogen and oxygen atoms in total. The summed E-state index contributed by atoms with van der Waals surface area (Å²) in [5.74, 6) is -0.467. The summed E-state index contributed by atoms with van der Waals surface area (Å²) in [5.41, 5.74) is 0.727. The molecule has 1 aromatic heterocycles. The maximum absolute atomic E-state index is 12.7. The third-order valence-corrected chi connectivity index (χ3v) is 7.90. The molecule has 0 saturated carbocycles. The highest BCUT2D eigenvalue weighted by Crippen LogP contribution is 2.31. The quantitative estimate of drug-likeness (QED) is 0.809. The van der Waals surface area contributed by atoms with Crippen LogP contribution in [0.25, 0.3) is 0 Å². The van der Waals surface area contributed by atoms with Crippen LogP contribution in [0.4, 0.5) is 5.69 Å². The van der Waals surface area contributed by atoms with E-state index in [0.29, 0.717) is 23.6 Å². The molecule has 1 amide bonds. The van der Waals surface area contributed by atoms with E-state index in [1.807, 2.05) is 30.3 Å². The third-order valence-electron chi connectivity index (χ3n) is 3.94. The first-order valence-corrected chi connectivity index (χ1v) is 10.6. The number of hydrogen-bond donors (Lipinski definition) is 1. The number of rotatable bonds is 4. The smallest absolute Gasteiger partial charge is 0.252 e. The molecule has 1 saturated heterocycles. The van der Waals surface area contributed by atoms with Crippen LogP contribution in [0.3, 0.4) is 0 Å². The fourth-order valence-corrected chi connectivity index (χ4v) is 6.39. The number of carbonyl (C=O) groups excluding carboxylic acids is 1. The summed E-state index contributed by atoms with van der Waals surface area (Å²) in [6, 6.07) is 12.5. The number of sulfonamides is 1. The number of para-hydroxylation sites is 1. The van der Waals surface area contributed by atoms with Crippen molar-refractivity contribution in [1.29, 1.82) is 0 Å². The highest BCUT2D eigenvalue weighted by Gasteiger charge is 2.34. The molecular formula is C16H17BrN2O3S2. The second kappa shape index (κ2) is 7.35. The van der Waals surface area contributed by atoms with Gasteiger partial charge in [-0.2, -0.15) is 4.31 Å². The third kappa shape index (κ3) is 3.88. The lowest BCUT2D eigenvalue weighted by molar-refractivity contribution is -0.120. The van der Waals surface area contributed by atoms with Crippen molar-refractivity contribution >= 4 is 48.9 Å². The molecule has 1 N–H and O–H groups in total. The van der Waals surface area contributed by atoms with Crippen molar-refractivity contribution in [2.24, 2.45) is 5.92 Å². The first-order chi connectivity index (χ1) is 11.5. The minimum Gasteiger partial charge on any atom is -0.326 e. The predicted molar refractivity (Wildman–Crippen MR) is 98.6 cm³/mol. The molecule has 1 unspecified atom stereocenters. The first-order valence-electron chi connectivity index (χ1n) is 7.58. The average Bonchev–Trinajstić information content (AvgIpc) is 3.03. The zero-order valence-corrected chi connectivity index (χ0v) is 16.0. The largest absolute Gasteiger partial charge is 0.326 e. The summed E-state index contributed by atoms with van der Waals surface area (Å²) >= 11 is 4.48. The predicted octanol–water partition coefficient (Wildman–Crippen LogP) is 3.55. The molecule has 2 aromatic rings. The molecule has 128 valence electrons. The number of carbonyl (C=O) groups is 1. The van der Waals surface area contributed by atoms with Gasteiger partial charge in [-0.15, -0.1) is 11.3 Å². The maximum atomic E-state index is 12.7. The zero-order chi connectivity index (χ0) is 17.2. The molecule has 1 aliphatic heterocycles. The van der Waals surface area contributed by atoms with Crippen LogP contribution in [0, 0.1) is 5.92 Å². The van der Waals surface area contributed by atoms with Gasteiger partial charge >= 0.3 is 0 Å². The van der Waals surface area contributed by atoms with E-state index >= 15 is 0 Å². The second-order valence-electron chi connectivity index (χ2n) is 5.62. The molecule has 0 radical (unpaired) electrons. The van der Waals surface area contributed by atoms with Crippen molar-refractivity contribution in [3.63, 3.8) is 0 Å². The molecular weight excluding hydrogens is 412 g/mol. The van der Waals surface area contributed by atoms with E-state index in [0.717, 1.165) is 9.47 Å². The Balaban J connectivity index is 1.71. The first kappa shape index (κ1) is 17.6. The zero-order valence-electron chi connectivity index (χ0n) is 12.8. The number of piperidine rings is 1. The summed E-state index contributed by atoms with van der Waals surface area (Å²) in [6.45, 7) is 0.670. The van der Waals surface area contributed by atoms with Gasteiger partial charge in [0.1, 0.15) is 4.21 Å². The highest BCUT2D eigenvalue weighted by molar-refractivity contribution is 9.11. The van der Waals surface area contributed by atoms with E-state index in [1.54, 1.807) is 12.1 Å². The number of nitrogens with one attached hydrogen (secondary N) is 1. The van der Waals surface area contributed by atoms with E-state index in [-0.39, 0.29) is 18.4 Å². The van der Waals surface area contributed by atoms with Gasteiger partial charge in [0.25, 0.3) is 10.0 Å². The average molecular weight is 429 g/mol. The minimum atomic E-state index is -3.54. The molecule has 1 fully saturated rings. The van der Waals surface area contributed by atoms with Gasteiger partial charge in [0.2, 0.25) is 5.91 Å². The summed E-state index contributed by atoms with van der Waals surface area (Å²) in [6.07, 6.45) is 1.37.